The van der Waals surface area contributed by atoms with Crippen LogP contribution in [0.15, 0.2) is 53.9 Å². The molecule has 0 saturated heterocycles. The molecule has 0 aliphatic carbocycles. The maximum atomic E-state index is 12.1. The topological polar surface area (TPSA) is 60.5 Å². The van der Waals surface area contributed by atoms with Gasteiger partial charge >= 0.3 is 0 Å². The number of carbonyl (C=O) groups excluding carboxylic acids is 1. The van der Waals surface area contributed by atoms with Crippen molar-refractivity contribution in [2.75, 3.05) is 18.5 Å². The van der Waals surface area contributed by atoms with Crippen LogP contribution in [-0.2, 0) is 4.79 Å². The van der Waals surface area contributed by atoms with Gasteiger partial charge in [-0.2, -0.15) is 0 Å². The highest BCUT2D eigenvalue weighted by atomic mass is 32.1. The van der Waals surface area contributed by atoms with E-state index in [0.717, 1.165) is 22.0 Å². The van der Waals surface area contributed by atoms with E-state index in [1.165, 1.54) is 0 Å². The Morgan fingerprint density at radius 3 is 2.50 bits per heavy atom. The highest BCUT2D eigenvalue weighted by Crippen LogP contribution is 2.24. The Morgan fingerprint density at radius 2 is 1.85 bits per heavy atom. The molecule has 0 radical (unpaired) electrons. The minimum absolute atomic E-state index is 0.0615. The number of benzene rings is 2. The van der Waals surface area contributed by atoms with Crippen LogP contribution in [0.1, 0.15) is 11.9 Å². The molecule has 1 aromatic heterocycles. The zero-order chi connectivity index (χ0) is 18.4. The first-order valence-electron chi connectivity index (χ1n) is 8.32. The van der Waals surface area contributed by atoms with Crippen LogP contribution in [0.5, 0.6) is 11.5 Å². The summed E-state index contributed by atoms with van der Waals surface area (Å²) in [5.41, 5.74) is 2.60. The minimum atomic E-state index is -0.217. The smallest absolute Gasteiger partial charge is 0.262 e. The van der Waals surface area contributed by atoms with Crippen molar-refractivity contribution in [1.82, 2.24) is 4.98 Å². The summed E-state index contributed by atoms with van der Waals surface area (Å²) in [6, 6.07) is 14.8. The number of amides is 1. The molecular formula is C20H20N2O3S. The van der Waals surface area contributed by atoms with E-state index >= 15 is 0 Å². The second-order valence-corrected chi connectivity index (χ2v) is 6.64. The molecule has 1 heterocycles. The molecule has 0 atom stereocenters. The third-order valence-electron chi connectivity index (χ3n) is 3.57. The zero-order valence-electron chi connectivity index (χ0n) is 14.7. The highest BCUT2D eigenvalue weighted by molar-refractivity contribution is 7.09. The van der Waals surface area contributed by atoms with Crippen LogP contribution < -0.4 is 14.8 Å². The van der Waals surface area contributed by atoms with Gasteiger partial charge in [-0.1, -0.05) is 12.1 Å². The molecule has 2 aromatic carbocycles. The second-order valence-electron chi connectivity index (χ2n) is 5.57. The van der Waals surface area contributed by atoms with E-state index < -0.39 is 0 Å². The highest BCUT2D eigenvalue weighted by Gasteiger charge is 2.07. The molecule has 0 spiro atoms. The SMILES string of the molecule is CCOc1ccc(OCC(=O)Nc2cccc(-c3csc(C)n3)c2)cc1. The van der Waals surface area contributed by atoms with Gasteiger partial charge in [-0.25, -0.2) is 4.98 Å². The van der Waals surface area contributed by atoms with E-state index in [0.29, 0.717) is 18.0 Å². The molecule has 5 nitrogen and oxygen atoms in total. The molecule has 3 rings (SSSR count). The Bertz CT molecular complexity index is 875. The molecule has 134 valence electrons. The Kier molecular flexibility index (Phi) is 5.86. The van der Waals surface area contributed by atoms with Gasteiger partial charge in [-0.3, -0.25) is 4.79 Å². The van der Waals surface area contributed by atoms with Gasteiger partial charge in [0.1, 0.15) is 11.5 Å². The average Bonchev–Trinajstić information content (AvgIpc) is 3.08. The van der Waals surface area contributed by atoms with Crippen LogP contribution in [0, 0.1) is 6.92 Å². The van der Waals surface area contributed by atoms with Crippen LogP contribution in [0.2, 0.25) is 0 Å². The number of anilines is 1. The Hall–Kier alpha value is -2.86. The average molecular weight is 368 g/mol. The number of hydrogen-bond acceptors (Lipinski definition) is 5. The predicted octanol–water partition coefficient (Wildman–Crippen LogP) is 4.53. The van der Waals surface area contributed by atoms with Crippen molar-refractivity contribution in [3.8, 4) is 22.8 Å². The van der Waals surface area contributed by atoms with Crippen LogP contribution in [-0.4, -0.2) is 24.1 Å². The predicted molar refractivity (Wildman–Crippen MR) is 104 cm³/mol. The lowest BCUT2D eigenvalue weighted by Gasteiger charge is -2.09. The molecule has 0 unspecified atom stereocenters. The number of nitrogens with zero attached hydrogens (tertiary/aromatic N) is 1. The second kappa shape index (κ2) is 8.49. The Morgan fingerprint density at radius 1 is 1.12 bits per heavy atom. The maximum absolute atomic E-state index is 12.1. The number of ether oxygens (including phenoxy) is 2. The fraction of sp³-hybridized carbons (Fsp3) is 0.200. The summed E-state index contributed by atoms with van der Waals surface area (Å²) in [5.74, 6) is 1.18. The standard InChI is InChI=1S/C20H20N2O3S/c1-3-24-17-7-9-18(10-8-17)25-12-20(23)22-16-6-4-5-15(11-16)19-13-26-14(2)21-19/h4-11,13H,3,12H2,1-2H3,(H,22,23). The lowest BCUT2D eigenvalue weighted by Crippen LogP contribution is -2.20. The van der Waals surface area contributed by atoms with Crippen LogP contribution in [0.25, 0.3) is 11.3 Å². The van der Waals surface area contributed by atoms with Gasteiger partial charge in [0, 0.05) is 16.6 Å². The number of hydrogen-bond donors (Lipinski definition) is 1. The summed E-state index contributed by atoms with van der Waals surface area (Å²) in [6.07, 6.45) is 0. The van der Waals surface area contributed by atoms with Crippen LogP contribution >= 0.6 is 11.3 Å². The van der Waals surface area contributed by atoms with Crippen molar-refractivity contribution in [2.24, 2.45) is 0 Å². The quantitative estimate of drug-likeness (QED) is 0.665. The summed E-state index contributed by atoms with van der Waals surface area (Å²) in [7, 11) is 0. The molecule has 26 heavy (non-hydrogen) atoms. The van der Waals surface area contributed by atoms with Gasteiger partial charge in [0.2, 0.25) is 0 Å². The van der Waals surface area contributed by atoms with Crippen molar-refractivity contribution >= 4 is 22.9 Å². The summed E-state index contributed by atoms with van der Waals surface area (Å²) in [6.45, 7) is 4.45. The first-order valence-corrected chi connectivity index (χ1v) is 9.20. The monoisotopic (exact) mass is 368 g/mol. The third kappa shape index (κ3) is 4.83. The van der Waals surface area contributed by atoms with Gasteiger partial charge in [0.05, 0.1) is 17.3 Å². The lowest BCUT2D eigenvalue weighted by molar-refractivity contribution is -0.118. The maximum Gasteiger partial charge on any atom is 0.262 e. The number of nitrogens with one attached hydrogen (secondary N) is 1. The molecule has 1 N–H and O–H groups in total. The first kappa shape index (κ1) is 17.9. The molecule has 0 bridgehead atoms. The van der Waals surface area contributed by atoms with Gasteiger partial charge < -0.3 is 14.8 Å². The van der Waals surface area contributed by atoms with Gasteiger partial charge in [-0.05, 0) is 50.2 Å². The molecule has 0 fully saturated rings. The van der Waals surface area contributed by atoms with Gasteiger partial charge in [0.25, 0.3) is 5.91 Å². The third-order valence-corrected chi connectivity index (χ3v) is 4.34. The van der Waals surface area contributed by atoms with Crippen molar-refractivity contribution in [3.05, 3.63) is 58.9 Å². The molecule has 0 aliphatic rings. The Labute approximate surface area is 156 Å². The molecule has 0 saturated carbocycles. The lowest BCUT2D eigenvalue weighted by atomic mass is 10.1. The Balaban J connectivity index is 1.56. The summed E-state index contributed by atoms with van der Waals surface area (Å²) in [5, 5.41) is 5.87. The number of aryl methyl sites for hydroxylation is 1. The van der Waals surface area contributed by atoms with E-state index in [1.807, 2.05) is 55.6 Å². The van der Waals surface area contributed by atoms with E-state index in [2.05, 4.69) is 10.3 Å². The van der Waals surface area contributed by atoms with Crippen LogP contribution in [0.3, 0.4) is 0 Å². The number of thiazole rings is 1. The minimum Gasteiger partial charge on any atom is -0.494 e. The van der Waals surface area contributed by atoms with Crippen molar-refractivity contribution in [1.29, 1.82) is 0 Å². The fourth-order valence-corrected chi connectivity index (χ4v) is 3.02. The van der Waals surface area contributed by atoms with Crippen molar-refractivity contribution in [3.63, 3.8) is 0 Å². The van der Waals surface area contributed by atoms with Gasteiger partial charge in [-0.15, -0.1) is 11.3 Å². The molecular weight excluding hydrogens is 348 g/mol. The molecule has 6 heteroatoms. The van der Waals surface area contributed by atoms with Crippen molar-refractivity contribution < 1.29 is 14.3 Å². The van der Waals surface area contributed by atoms with E-state index in [4.69, 9.17) is 9.47 Å². The van der Waals surface area contributed by atoms with E-state index in [-0.39, 0.29) is 12.5 Å². The largest absolute Gasteiger partial charge is 0.494 e. The summed E-state index contributed by atoms with van der Waals surface area (Å²) < 4.78 is 10.9. The molecule has 1 amide bonds. The fourth-order valence-electron chi connectivity index (χ4n) is 2.40. The number of carbonyl (C=O) groups is 1. The van der Waals surface area contributed by atoms with E-state index in [1.54, 1.807) is 23.5 Å². The van der Waals surface area contributed by atoms with E-state index in [9.17, 15) is 4.79 Å². The normalized spacial score (nSPS) is 10.4. The molecule has 0 aliphatic heterocycles. The van der Waals surface area contributed by atoms with Crippen molar-refractivity contribution in [2.45, 2.75) is 13.8 Å². The molecule has 3 aromatic rings. The number of aromatic nitrogens is 1. The summed E-state index contributed by atoms with van der Waals surface area (Å²) in [4.78, 5) is 16.6. The van der Waals surface area contributed by atoms with Gasteiger partial charge in [0.15, 0.2) is 6.61 Å². The number of rotatable bonds is 7. The first-order chi connectivity index (χ1) is 12.6. The zero-order valence-corrected chi connectivity index (χ0v) is 15.5. The van der Waals surface area contributed by atoms with Crippen LogP contribution in [0.4, 0.5) is 5.69 Å². The summed E-state index contributed by atoms with van der Waals surface area (Å²) >= 11 is 1.60.